The maximum atomic E-state index is 5.82. The Morgan fingerprint density at radius 3 is 2.71 bits per heavy atom. The Kier molecular flexibility index (Phi) is 2.21. The van der Waals surface area contributed by atoms with Crippen LogP contribution in [0.1, 0.15) is 11.3 Å². The van der Waals surface area contributed by atoms with Crippen molar-refractivity contribution >= 4 is 17.2 Å². The fraction of sp³-hybridized carbons (Fsp3) is 0.200. The molecule has 0 radical (unpaired) electrons. The highest BCUT2D eigenvalue weighted by Crippen LogP contribution is 2.30. The van der Waals surface area contributed by atoms with Gasteiger partial charge in [-0.3, -0.25) is 0 Å². The van der Waals surface area contributed by atoms with E-state index in [-0.39, 0.29) is 0 Å². The molecule has 0 atom stereocenters. The third-order valence-corrected chi connectivity index (χ3v) is 3.01. The van der Waals surface area contributed by atoms with E-state index in [1.165, 1.54) is 0 Å². The molecule has 2 heterocycles. The number of hydrogen-bond donors (Lipinski definition) is 1. The van der Waals surface area contributed by atoms with Gasteiger partial charge in [-0.15, -0.1) is 11.3 Å². The predicted molar refractivity (Wildman–Crippen MR) is 59.2 cm³/mol. The first kappa shape index (κ1) is 9.15. The summed E-state index contributed by atoms with van der Waals surface area (Å²) in [4.78, 5) is 9.44. The number of pyridine rings is 1. The molecule has 2 aromatic rings. The Hall–Kier alpha value is -1.42. The van der Waals surface area contributed by atoms with Gasteiger partial charge in [-0.2, -0.15) is 0 Å². The molecule has 0 aliphatic heterocycles. The number of thiazole rings is 1. The third-order valence-electron chi connectivity index (χ3n) is 2.05. The molecule has 2 rings (SSSR count). The van der Waals surface area contributed by atoms with Gasteiger partial charge in [-0.25, -0.2) is 9.97 Å². The van der Waals surface area contributed by atoms with Crippen LogP contribution in [0.5, 0.6) is 0 Å². The van der Waals surface area contributed by atoms with Crippen LogP contribution >= 0.6 is 11.3 Å². The SMILES string of the molecule is Cc1cnc(N)c(-c2scnc2C)c1. The molecule has 0 aromatic carbocycles. The lowest BCUT2D eigenvalue weighted by Crippen LogP contribution is -1.94. The van der Waals surface area contributed by atoms with Gasteiger partial charge in [-0.1, -0.05) is 0 Å². The van der Waals surface area contributed by atoms with Gasteiger partial charge in [0.15, 0.2) is 0 Å². The fourth-order valence-corrected chi connectivity index (χ4v) is 2.15. The van der Waals surface area contributed by atoms with Crippen LogP contribution < -0.4 is 5.73 Å². The van der Waals surface area contributed by atoms with Crippen molar-refractivity contribution in [1.29, 1.82) is 0 Å². The standard InChI is InChI=1S/C10H11N3S/c1-6-3-8(10(11)12-4-6)9-7(2)13-5-14-9/h3-5H,1-2H3,(H2,11,12). The second kappa shape index (κ2) is 3.38. The van der Waals surface area contributed by atoms with Crippen molar-refractivity contribution in [2.45, 2.75) is 13.8 Å². The van der Waals surface area contributed by atoms with Gasteiger partial charge in [-0.05, 0) is 25.5 Å². The van der Waals surface area contributed by atoms with E-state index in [0.717, 1.165) is 21.7 Å². The molecule has 4 heteroatoms. The summed E-state index contributed by atoms with van der Waals surface area (Å²) in [7, 11) is 0. The van der Waals surface area contributed by atoms with Crippen molar-refractivity contribution in [1.82, 2.24) is 9.97 Å². The molecule has 2 N–H and O–H groups in total. The number of aryl methyl sites for hydroxylation is 2. The molecule has 0 amide bonds. The zero-order valence-electron chi connectivity index (χ0n) is 8.11. The van der Waals surface area contributed by atoms with Crippen LogP contribution in [0.25, 0.3) is 10.4 Å². The van der Waals surface area contributed by atoms with E-state index in [9.17, 15) is 0 Å². The Morgan fingerprint density at radius 1 is 1.29 bits per heavy atom. The van der Waals surface area contributed by atoms with Crippen molar-refractivity contribution in [3.63, 3.8) is 0 Å². The third kappa shape index (κ3) is 1.48. The van der Waals surface area contributed by atoms with E-state index in [1.807, 2.05) is 25.4 Å². The number of rotatable bonds is 1. The van der Waals surface area contributed by atoms with Crippen LogP contribution in [0, 0.1) is 13.8 Å². The van der Waals surface area contributed by atoms with E-state index in [4.69, 9.17) is 5.73 Å². The van der Waals surface area contributed by atoms with Crippen LogP contribution in [-0.2, 0) is 0 Å². The molecule has 0 saturated carbocycles. The Labute approximate surface area is 86.6 Å². The number of anilines is 1. The molecular formula is C10H11N3S. The van der Waals surface area contributed by atoms with E-state index >= 15 is 0 Å². The lowest BCUT2D eigenvalue weighted by Gasteiger charge is -2.03. The summed E-state index contributed by atoms with van der Waals surface area (Å²) >= 11 is 1.59. The molecule has 0 fully saturated rings. The van der Waals surface area contributed by atoms with Crippen molar-refractivity contribution < 1.29 is 0 Å². The molecule has 72 valence electrons. The minimum atomic E-state index is 0.572. The molecule has 3 nitrogen and oxygen atoms in total. The van der Waals surface area contributed by atoms with Gasteiger partial charge >= 0.3 is 0 Å². The van der Waals surface area contributed by atoms with E-state index in [2.05, 4.69) is 9.97 Å². The van der Waals surface area contributed by atoms with Gasteiger partial charge in [0, 0.05) is 11.8 Å². The van der Waals surface area contributed by atoms with Crippen molar-refractivity contribution in [3.05, 3.63) is 29.0 Å². The molecule has 0 spiro atoms. The van der Waals surface area contributed by atoms with Crippen molar-refractivity contribution in [2.24, 2.45) is 0 Å². The van der Waals surface area contributed by atoms with Crippen LogP contribution in [0.15, 0.2) is 17.8 Å². The van der Waals surface area contributed by atoms with Crippen LogP contribution in [0.2, 0.25) is 0 Å². The average molecular weight is 205 g/mol. The van der Waals surface area contributed by atoms with Gasteiger partial charge < -0.3 is 5.73 Å². The summed E-state index contributed by atoms with van der Waals surface area (Å²) < 4.78 is 0. The lowest BCUT2D eigenvalue weighted by atomic mass is 10.1. The number of nitrogen functional groups attached to an aromatic ring is 1. The van der Waals surface area contributed by atoms with Gasteiger partial charge in [0.1, 0.15) is 5.82 Å². The maximum absolute atomic E-state index is 5.82. The minimum Gasteiger partial charge on any atom is -0.383 e. The molecule has 0 bridgehead atoms. The summed E-state index contributed by atoms with van der Waals surface area (Å²) in [5, 5.41) is 0. The monoisotopic (exact) mass is 205 g/mol. The van der Waals surface area contributed by atoms with Crippen LogP contribution in [0.4, 0.5) is 5.82 Å². The first-order valence-electron chi connectivity index (χ1n) is 4.31. The zero-order valence-corrected chi connectivity index (χ0v) is 8.93. The lowest BCUT2D eigenvalue weighted by molar-refractivity contribution is 1.25. The van der Waals surface area contributed by atoms with Gasteiger partial charge in [0.2, 0.25) is 0 Å². The summed E-state index contributed by atoms with van der Waals surface area (Å²) in [6.07, 6.45) is 1.77. The zero-order chi connectivity index (χ0) is 10.1. The van der Waals surface area contributed by atoms with E-state index in [0.29, 0.717) is 5.82 Å². The summed E-state index contributed by atoms with van der Waals surface area (Å²) in [5.74, 6) is 0.572. The Bertz CT molecular complexity index is 462. The molecule has 0 saturated heterocycles. The van der Waals surface area contributed by atoms with Gasteiger partial charge in [0.05, 0.1) is 16.1 Å². The smallest absolute Gasteiger partial charge is 0.132 e. The first-order valence-corrected chi connectivity index (χ1v) is 5.19. The minimum absolute atomic E-state index is 0.572. The highest BCUT2D eigenvalue weighted by Gasteiger charge is 2.08. The highest BCUT2D eigenvalue weighted by atomic mass is 32.1. The number of nitrogens with two attached hydrogens (primary N) is 1. The largest absolute Gasteiger partial charge is 0.383 e. The second-order valence-corrected chi connectivity index (χ2v) is 4.07. The summed E-state index contributed by atoms with van der Waals surface area (Å²) in [5.41, 5.74) is 10.8. The summed E-state index contributed by atoms with van der Waals surface area (Å²) in [6.45, 7) is 3.99. The topological polar surface area (TPSA) is 51.8 Å². The fourth-order valence-electron chi connectivity index (χ4n) is 1.32. The molecular weight excluding hydrogens is 194 g/mol. The van der Waals surface area contributed by atoms with E-state index in [1.54, 1.807) is 17.5 Å². The van der Waals surface area contributed by atoms with Gasteiger partial charge in [0.25, 0.3) is 0 Å². The summed E-state index contributed by atoms with van der Waals surface area (Å²) in [6, 6.07) is 2.04. The predicted octanol–water partition coefficient (Wildman–Crippen LogP) is 2.40. The Balaban J connectivity index is 2.62. The Morgan fingerprint density at radius 2 is 2.07 bits per heavy atom. The maximum Gasteiger partial charge on any atom is 0.132 e. The van der Waals surface area contributed by atoms with Crippen LogP contribution in [0.3, 0.4) is 0 Å². The normalized spacial score (nSPS) is 10.4. The number of hydrogen-bond acceptors (Lipinski definition) is 4. The molecule has 0 aliphatic rings. The molecule has 0 aliphatic carbocycles. The van der Waals surface area contributed by atoms with Crippen molar-refractivity contribution in [2.75, 3.05) is 5.73 Å². The highest BCUT2D eigenvalue weighted by molar-refractivity contribution is 7.13. The molecule has 2 aromatic heterocycles. The molecule has 0 unspecified atom stereocenters. The number of nitrogens with zero attached hydrogens (tertiary/aromatic N) is 2. The first-order chi connectivity index (χ1) is 6.68. The molecule has 14 heavy (non-hydrogen) atoms. The number of aromatic nitrogens is 2. The average Bonchev–Trinajstić information content (AvgIpc) is 2.56. The van der Waals surface area contributed by atoms with E-state index < -0.39 is 0 Å². The van der Waals surface area contributed by atoms with Crippen LogP contribution in [-0.4, -0.2) is 9.97 Å². The second-order valence-electron chi connectivity index (χ2n) is 3.21. The quantitative estimate of drug-likeness (QED) is 0.777. The van der Waals surface area contributed by atoms with Crippen molar-refractivity contribution in [3.8, 4) is 10.4 Å².